The second-order valence-electron chi connectivity index (χ2n) is 4.61. The Labute approximate surface area is 127 Å². The largest absolute Gasteiger partial charge is 0.434 e. The average molecular weight is 312 g/mol. The Morgan fingerprint density at radius 3 is 2.48 bits per heavy atom. The SMILES string of the molecule is C[C@H](NCc1ccccc1OC(F)F)c1ccccc1Cl. The molecule has 2 aromatic rings. The number of hydrogen-bond donors (Lipinski definition) is 1. The molecule has 2 rings (SSSR count). The molecule has 1 N–H and O–H groups in total. The van der Waals surface area contributed by atoms with Crippen molar-refractivity contribution in [2.24, 2.45) is 0 Å². The monoisotopic (exact) mass is 311 g/mol. The van der Waals surface area contributed by atoms with E-state index >= 15 is 0 Å². The number of benzene rings is 2. The minimum absolute atomic E-state index is 0.00157. The lowest BCUT2D eigenvalue weighted by Crippen LogP contribution is -2.19. The number of ether oxygens (including phenoxy) is 1. The summed E-state index contributed by atoms with van der Waals surface area (Å²) < 4.78 is 29.2. The van der Waals surface area contributed by atoms with Crippen LogP contribution in [0.15, 0.2) is 48.5 Å². The molecule has 2 aromatic carbocycles. The molecule has 112 valence electrons. The highest BCUT2D eigenvalue weighted by Crippen LogP contribution is 2.24. The van der Waals surface area contributed by atoms with Crippen molar-refractivity contribution in [2.45, 2.75) is 26.1 Å². The van der Waals surface area contributed by atoms with Crippen LogP contribution in [0.5, 0.6) is 5.75 Å². The van der Waals surface area contributed by atoms with E-state index in [0.717, 1.165) is 5.56 Å². The van der Waals surface area contributed by atoms with Gasteiger partial charge < -0.3 is 10.1 Å². The number of rotatable bonds is 6. The predicted octanol–water partition coefficient (Wildman–Crippen LogP) is 4.79. The van der Waals surface area contributed by atoms with Gasteiger partial charge in [0.1, 0.15) is 5.75 Å². The van der Waals surface area contributed by atoms with Gasteiger partial charge in [-0.25, -0.2) is 0 Å². The summed E-state index contributed by atoms with van der Waals surface area (Å²) in [5.41, 5.74) is 1.64. The van der Waals surface area contributed by atoms with E-state index in [1.165, 1.54) is 6.07 Å². The van der Waals surface area contributed by atoms with Gasteiger partial charge in [0.25, 0.3) is 0 Å². The maximum atomic E-state index is 12.4. The minimum atomic E-state index is -2.83. The Balaban J connectivity index is 2.05. The Morgan fingerprint density at radius 2 is 1.76 bits per heavy atom. The van der Waals surface area contributed by atoms with Gasteiger partial charge in [-0.15, -0.1) is 0 Å². The predicted molar refractivity (Wildman–Crippen MR) is 79.8 cm³/mol. The highest BCUT2D eigenvalue weighted by molar-refractivity contribution is 6.31. The molecule has 0 aliphatic rings. The van der Waals surface area contributed by atoms with Crippen molar-refractivity contribution in [3.8, 4) is 5.75 Å². The Kier molecular flexibility index (Phi) is 5.53. The van der Waals surface area contributed by atoms with Crippen molar-refractivity contribution in [1.29, 1.82) is 0 Å². The van der Waals surface area contributed by atoms with Gasteiger partial charge in [-0.05, 0) is 24.6 Å². The van der Waals surface area contributed by atoms with Crippen molar-refractivity contribution >= 4 is 11.6 Å². The molecule has 2 nitrogen and oxygen atoms in total. The standard InChI is InChI=1S/C16H16ClF2NO/c1-11(13-7-3-4-8-14(13)17)20-10-12-6-2-5-9-15(12)21-16(18)19/h2-9,11,16,20H,10H2,1H3/t11-/m0/s1. The van der Waals surface area contributed by atoms with Crippen LogP contribution < -0.4 is 10.1 Å². The molecule has 0 spiro atoms. The van der Waals surface area contributed by atoms with Crippen LogP contribution in [0.3, 0.4) is 0 Å². The summed E-state index contributed by atoms with van der Waals surface area (Å²) in [4.78, 5) is 0. The van der Waals surface area contributed by atoms with Crippen LogP contribution in [0, 0.1) is 0 Å². The second kappa shape index (κ2) is 7.38. The molecule has 0 bridgehead atoms. The summed E-state index contributed by atoms with van der Waals surface area (Å²) >= 11 is 6.14. The first-order valence-electron chi connectivity index (χ1n) is 6.58. The zero-order chi connectivity index (χ0) is 15.2. The van der Waals surface area contributed by atoms with Gasteiger partial charge in [-0.2, -0.15) is 8.78 Å². The molecule has 0 saturated heterocycles. The van der Waals surface area contributed by atoms with Gasteiger partial charge in [0.05, 0.1) is 0 Å². The van der Waals surface area contributed by atoms with Crippen molar-refractivity contribution < 1.29 is 13.5 Å². The zero-order valence-electron chi connectivity index (χ0n) is 11.5. The van der Waals surface area contributed by atoms with Gasteiger partial charge in [0.15, 0.2) is 0 Å². The number of halogens is 3. The van der Waals surface area contributed by atoms with Gasteiger partial charge in [0.2, 0.25) is 0 Å². The van der Waals surface area contributed by atoms with Gasteiger partial charge in [-0.1, -0.05) is 48.0 Å². The first-order chi connectivity index (χ1) is 10.1. The summed E-state index contributed by atoms with van der Waals surface area (Å²) in [6, 6.07) is 14.3. The lowest BCUT2D eigenvalue weighted by molar-refractivity contribution is -0.0505. The van der Waals surface area contributed by atoms with Crippen LogP contribution in [0.2, 0.25) is 5.02 Å². The first kappa shape index (κ1) is 15.7. The van der Waals surface area contributed by atoms with Crippen molar-refractivity contribution in [1.82, 2.24) is 5.32 Å². The molecular weight excluding hydrogens is 296 g/mol. The van der Waals surface area contributed by atoms with Crippen molar-refractivity contribution in [3.05, 3.63) is 64.7 Å². The van der Waals surface area contributed by atoms with E-state index in [1.54, 1.807) is 18.2 Å². The fourth-order valence-corrected chi connectivity index (χ4v) is 2.36. The van der Waals surface area contributed by atoms with E-state index in [4.69, 9.17) is 11.6 Å². The average Bonchev–Trinajstić information content (AvgIpc) is 2.46. The molecular formula is C16H16ClF2NO. The molecule has 0 radical (unpaired) electrons. The van der Waals surface area contributed by atoms with E-state index in [-0.39, 0.29) is 11.8 Å². The molecule has 5 heteroatoms. The maximum Gasteiger partial charge on any atom is 0.387 e. The number of hydrogen-bond acceptors (Lipinski definition) is 2. The van der Waals surface area contributed by atoms with Crippen molar-refractivity contribution in [3.63, 3.8) is 0 Å². The van der Waals surface area contributed by atoms with E-state index < -0.39 is 6.61 Å². The zero-order valence-corrected chi connectivity index (χ0v) is 12.3. The molecule has 1 atom stereocenters. The van der Waals surface area contributed by atoms with Crippen LogP contribution in [-0.4, -0.2) is 6.61 Å². The highest BCUT2D eigenvalue weighted by atomic mass is 35.5. The Hall–Kier alpha value is -1.65. The molecule has 0 unspecified atom stereocenters. The van der Waals surface area contributed by atoms with Crippen molar-refractivity contribution in [2.75, 3.05) is 0 Å². The molecule has 0 heterocycles. The van der Waals surface area contributed by atoms with E-state index in [1.807, 2.05) is 31.2 Å². The summed E-state index contributed by atoms with van der Waals surface area (Å²) in [6.45, 7) is -0.445. The molecule has 0 saturated carbocycles. The summed E-state index contributed by atoms with van der Waals surface area (Å²) in [5.74, 6) is 0.186. The van der Waals surface area contributed by atoms with Gasteiger partial charge in [-0.3, -0.25) is 0 Å². The molecule has 0 aliphatic carbocycles. The molecule has 0 fully saturated rings. The van der Waals surface area contributed by atoms with E-state index in [9.17, 15) is 8.78 Å². The lowest BCUT2D eigenvalue weighted by Gasteiger charge is -2.17. The van der Waals surface area contributed by atoms with Crippen LogP contribution >= 0.6 is 11.6 Å². The Morgan fingerprint density at radius 1 is 1.10 bits per heavy atom. The first-order valence-corrected chi connectivity index (χ1v) is 6.96. The van der Waals surface area contributed by atoms with Gasteiger partial charge >= 0.3 is 6.61 Å². The molecule has 0 amide bonds. The van der Waals surface area contributed by atoms with Crippen LogP contribution in [0.1, 0.15) is 24.1 Å². The second-order valence-corrected chi connectivity index (χ2v) is 5.02. The maximum absolute atomic E-state index is 12.4. The number of para-hydroxylation sites is 1. The fraction of sp³-hybridized carbons (Fsp3) is 0.250. The smallest absolute Gasteiger partial charge is 0.387 e. The molecule has 0 aliphatic heterocycles. The summed E-state index contributed by atoms with van der Waals surface area (Å²) in [5, 5.41) is 3.94. The fourth-order valence-electron chi connectivity index (χ4n) is 2.06. The normalized spacial score (nSPS) is 12.4. The molecule has 21 heavy (non-hydrogen) atoms. The third-order valence-electron chi connectivity index (χ3n) is 3.16. The highest BCUT2D eigenvalue weighted by Gasteiger charge is 2.12. The number of alkyl halides is 2. The van der Waals surface area contributed by atoms with E-state index in [0.29, 0.717) is 17.1 Å². The third-order valence-corrected chi connectivity index (χ3v) is 3.50. The van der Waals surface area contributed by atoms with E-state index in [2.05, 4.69) is 10.1 Å². The quantitative estimate of drug-likeness (QED) is 0.828. The summed E-state index contributed by atoms with van der Waals surface area (Å²) in [7, 11) is 0. The van der Waals surface area contributed by atoms with Gasteiger partial charge in [0, 0.05) is 23.2 Å². The van der Waals surface area contributed by atoms with Crippen LogP contribution in [-0.2, 0) is 6.54 Å². The summed E-state index contributed by atoms with van der Waals surface area (Å²) in [6.07, 6.45) is 0. The third kappa shape index (κ3) is 4.41. The number of nitrogens with one attached hydrogen (secondary N) is 1. The molecule has 0 aromatic heterocycles. The van der Waals surface area contributed by atoms with Crippen LogP contribution in [0.4, 0.5) is 8.78 Å². The topological polar surface area (TPSA) is 21.3 Å². The Bertz CT molecular complexity index is 592. The van der Waals surface area contributed by atoms with Crippen LogP contribution in [0.25, 0.3) is 0 Å². The lowest BCUT2D eigenvalue weighted by atomic mass is 10.1. The minimum Gasteiger partial charge on any atom is -0.434 e.